The average molecular weight is 1410 g/mol. The number of carbonyl (C=O) groups excluding carboxylic acids is 4. The zero-order valence-electron chi connectivity index (χ0n) is 65.4. The normalized spacial score (nSPS) is 21.0. The Balaban J connectivity index is 2.34. The molecule has 584 valence electrons. The molecule has 2 rings (SSSR count). The fourth-order valence-corrected chi connectivity index (χ4v) is 14.2. The lowest BCUT2D eigenvalue weighted by Crippen LogP contribution is -2.65. The Morgan fingerprint density at radius 3 is 0.848 bits per heavy atom. The molecule has 0 saturated carbocycles. The highest BCUT2D eigenvalue weighted by Gasteiger charge is 2.61. The SMILES string of the molecule is CC(C)CCCCCCCCCCCCCCC(=O)OC[C@H]1O[C@H](O[C@]2(CO)O[C@H](CO)[C@@H](O)[C@@H]2O)[C@H](OC(=O)CCCCCCCCCCCCCCC(C)C)[C@@H](OC(=O)CCCCCCCCCCCCCCC(C)C)[C@@H]1OC(=O)CCCCCCCCCCCCCCC(C)C. The predicted octanol–water partition coefficient (Wildman–Crippen LogP) is 21.3. The largest absolute Gasteiger partial charge is 0.463 e. The van der Waals surface area contributed by atoms with Crippen LogP contribution in [0, 0.1) is 23.7 Å². The molecule has 0 spiro atoms. The first-order valence-electron chi connectivity index (χ1n) is 42.3. The van der Waals surface area contributed by atoms with Gasteiger partial charge in [0.15, 0.2) is 18.3 Å². The van der Waals surface area contributed by atoms with E-state index in [1.54, 1.807) is 0 Å². The number of esters is 4. The highest BCUT2D eigenvalue weighted by molar-refractivity contribution is 5.72. The van der Waals surface area contributed by atoms with Crippen molar-refractivity contribution in [2.24, 2.45) is 23.7 Å². The molecule has 2 aliphatic heterocycles. The predicted molar refractivity (Wildman–Crippen MR) is 402 cm³/mol. The maximum absolute atomic E-state index is 14.4. The van der Waals surface area contributed by atoms with Crippen LogP contribution in [0.25, 0.3) is 0 Å². The van der Waals surface area contributed by atoms with Crippen LogP contribution in [0.4, 0.5) is 0 Å². The third-order valence-electron chi connectivity index (χ3n) is 20.7. The quantitative estimate of drug-likeness (QED) is 0.0253. The van der Waals surface area contributed by atoms with E-state index in [1.165, 1.54) is 212 Å². The molecule has 0 aromatic carbocycles. The molecule has 15 heteroatoms. The van der Waals surface area contributed by atoms with Gasteiger partial charge in [0, 0.05) is 25.7 Å². The highest BCUT2D eigenvalue weighted by Crippen LogP contribution is 2.39. The second kappa shape index (κ2) is 61.9. The van der Waals surface area contributed by atoms with Gasteiger partial charge in [-0.1, -0.05) is 364 Å². The number of aliphatic hydroxyl groups is 4. The minimum Gasteiger partial charge on any atom is -0.463 e. The van der Waals surface area contributed by atoms with Crippen LogP contribution < -0.4 is 0 Å². The van der Waals surface area contributed by atoms with Crippen molar-refractivity contribution in [3.05, 3.63) is 0 Å². The molecular formula is C84H158O15. The van der Waals surface area contributed by atoms with Gasteiger partial charge in [-0.25, -0.2) is 0 Å². The van der Waals surface area contributed by atoms with Crippen molar-refractivity contribution >= 4 is 23.9 Å². The Hall–Kier alpha value is -2.40. The summed E-state index contributed by atoms with van der Waals surface area (Å²) >= 11 is 0. The number of rotatable bonds is 69. The smallest absolute Gasteiger partial charge is 0.306 e. The molecule has 0 amide bonds. The molecule has 2 saturated heterocycles. The minimum atomic E-state index is -2.43. The first-order chi connectivity index (χ1) is 47.9. The monoisotopic (exact) mass is 1410 g/mol. The summed E-state index contributed by atoms with van der Waals surface area (Å²) in [6, 6.07) is 0. The van der Waals surface area contributed by atoms with Crippen LogP contribution in [0.15, 0.2) is 0 Å². The van der Waals surface area contributed by atoms with Crippen molar-refractivity contribution in [1.82, 2.24) is 0 Å². The van der Waals surface area contributed by atoms with Gasteiger partial charge >= 0.3 is 23.9 Å². The lowest BCUT2D eigenvalue weighted by atomic mass is 9.97. The van der Waals surface area contributed by atoms with E-state index in [9.17, 15) is 39.6 Å². The zero-order chi connectivity index (χ0) is 72.4. The molecule has 4 N–H and O–H groups in total. The first-order valence-corrected chi connectivity index (χ1v) is 42.3. The van der Waals surface area contributed by atoms with Crippen molar-refractivity contribution in [3.63, 3.8) is 0 Å². The van der Waals surface area contributed by atoms with Crippen molar-refractivity contribution < 1.29 is 72.8 Å². The molecule has 2 fully saturated rings. The molecule has 15 nitrogen and oxygen atoms in total. The number of aliphatic hydroxyl groups excluding tert-OH is 4. The first kappa shape index (κ1) is 92.7. The van der Waals surface area contributed by atoms with Gasteiger partial charge in [0.1, 0.15) is 37.6 Å². The Labute approximate surface area is 607 Å². The maximum atomic E-state index is 14.4. The van der Waals surface area contributed by atoms with Crippen LogP contribution in [0.3, 0.4) is 0 Å². The van der Waals surface area contributed by atoms with E-state index in [0.29, 0.717) is 25.7 Å². The molecule has 9 atom stereocenters. The number of carbonyl (C=O) groups is 4. The summed E-state index contributed by atoms with van der Waals surface area (Å²) in [5, 5.41) is 43.7. The number of ether oxygens (including phenoxy) is 7. The van der Waals surface area contributed by atoms with E-state index in [2.05, 4.69) is 55.4 Å². The Kier molecular flexibility index (Phi) is 57.9. The van der Waals surface area contributed by atoms with Crippen LogP contribution >= 0.6 is 0 Å². The lowest BCUT2D eigenvalue weighted by Gasteiger charge is -2.46. The van der Waals surface area contributed by atoms with Gasteiger partial charge in [0.05, 0.1) is 6.61 Å². The molecule has 0 aromatic heterocycles. The summed E-state index contributed by atoms with van der Waals surface area (Å²) in [5.41, 5.74) is 0. The minimum absolute atomic E-state index is 0.00243. The van der Waals surface area contributed by atoms with E-state index >= 15 is 0 Å². The fraction of sp³-hybridized carbons (Fsp3) is 0.952. The number of unbranched alkanes of at least 4 members (excludes halogenated alkanes) is 44. The molecule has 0 radical (unpaired) electrons. The Morgan fingerprint density at radius 2 is 0.586 bits per heavy atom. The molecule has 0 unspecified atom stereocenters. The molecular weight excluding hydrogens is 1250 g/mol. The maximum Gasteiger partial charge on any atom is 0.306 e. The molecule has 2 aliphatic rings. The summed E-state index contributed by atoms with van der Waals surface area (Å²) in [4.78, 5) is 56.6. The topological polar surface area (TPSA) is 214 Å². The summed E-state index contributed by atoms with van der Waals surface area (Å²) in [6.45, 7) is 16.1. The Morgan fingerprint density at radius 1 is 0.333 bits per heavy atom. The summed E-state index contributed by atoms with van der Waals surface area (Å²) in [6.07, 6.45) is 46.4. The van der Waals surface area contributed by atoms with Crippen LogP contribution in [-0.4, -0.2) is 119 Å². The summed E-state index contributed by atoms with van der Waals surface area (Å²) in [7, 11) is 0. The van der Waals surface area contributed by atoms with Gasteiger partial charge in [-0.2, -0.15) is 0 Å². The van der Waals surface area contributed by atoms with Crippen molar-refractivity contribution in [2.45, 2.75) is 470 Å². The van der Waals surface area contributed by atoms with Crippen LogP contribution in [0.1, 0.15) is 415 Å². The summed E-state index contributed by atoms with van der Waals surface area (Å²) in [5.74, 6) is -1.74. The van der Waals surface area contributed by atoms with Gasteiger partial charge < -0.3 is 53.6 Å². The van der Waals surface area contributed by atoms with Gasteiger partial charge in [0.25, 0.3) is 0 Å². The standard InChI is InChI=1S/C84H158O15/c1-68(2)57-49-41-33-25-17-9-13-21-29-37-45-53-61-74(87)93-66-73-79(95-75(88)62-54-46-38-30-22-14-10-18-26-34-42-50-58-69(3)4)80(96-76(89)63-55-47-39-31-23-15-11-19-27-35-43-51-59-70(5)6)81(83(94-73)99-84(67-86)82(92)78(91)72(65-85)98-84)97-77(90)64-56-48-40-32-24-16-12-20-28-36-44-52-60-71(7)8/h68-73,78-83,85-86,91-92H,9-67H2,1-8H3/t72-,73-,78-,79-,80+,81-,82+,83-,84+/m1/s1. The van der Waals surface area contributed by atoms with Gasteiger partial charge in [0.2, 0.25) is 12.1 Å². The van der Waals surface area contributed by atoms with E-state index in [4.69, 9.17) is 33.2 Å². The Bertz CT molecular complexity index is 1900. The van der Waals surface area contributed by atoms with E-state index in [1.807, 2.05) is 0 Å². The fourth-order valence-electron chi connectivity index (χ4n) is 14.2. The third kappa shape index (κ3) is 48.4. The van der Waals surface area contributed by atoms with E-state index in [0.717, 1.165) is 120 Å². The van der Waals surface area contributed by atoms with Crippen LogP contribution in [0.5, 0.6) is 0 Å². The average Bonchev–Trinajstić information content (AvgIpc) is 1.74. The summed E-state index contributed by atoms with van der Waals surface area (Å²) < 4.78 is 43.9. The molecule has 99 heavy (non-hydrogen) atoms. The lowest BCUT2D eigenvalue weighted by molar-refractivity contribution is -0.384. The van der Waals surface area contributed by atoms with E-state index in [-0.39, 0.29) is 25.7 Å². The van der Waals surface area contributed by atoms with Crippen molar-refractivity contribution in [1.29, 1.82) is 0 Å². The second-order valence-electron chi connectivity index (χ2n) is 32.2. The van der Waals surface area contributed by atoms with Crippen molar-refractivity contribution in [3.8, 4) is 0 Å². The van der Waals surface area contributed by atoms with Crippen LogP contribution in [0.2, 0.25) is 0 Å². The number of hydrogen-bond donors (Lipinski definition) is 4. The van der Waals surface area contributed by atoms with Crippen LogP contribution in [-0.2, 0) is 52.3 Å². The molecule has 0 aliphatic carbocycles. The number of hydrogen-bond acceptors (Lipinski definition) is 15. The van der Waals surface area contributed by atoms with Crippen molar-refractivity contribution in [2.75, 3.05) is 19.8 Å². The van der Waals surface area contributed by atoms with Gasteiger partial charge in [-0.05, 0) is 49.4 Å². The van der Waals surface area contributed by atoms with Gasteiger partial charge in [-0.15, -0.1) is 0 Å². The molecule has 0 bridgehead atoms. The zero-order valence-corrected chi connectivity index (χ0v) is 65.4. The second-order valence-corrected chi connectivity index (χ2v) is 32.2. The molecule has 0 aromatic rings. The highest BCUT2D eigenvalue weighted by atomic mass is 16.8. The van der Waals surface area contributed by atoms with Gasteiger partial charge in [-0.3, -0.25) is 19.2 Å². The third-order valence-corrected chi connectivity index (χ3v) is 20.7. The van der Waals surface area contributed by atoms with E-state index < -0.39 is 98.5 Å². The molecule has 2 heterocycles.